The Hall–Kier alpha value is -5.52. The average molecular weight is 835 g/mol. The summed E-state index contributed by atoms with van der Waals surface area (Å²) in [5.74, 6) is -2.83. The zero-order chi connectivity index (χ0) is 41.9. The molecule has 15 heteroatoms. The summed E-state index contributed by atoms with van der Waals surface area (Å²) in [7, 11) is 0. The summed E-state index contributed by atoms with van der Waals surface area (Å²) < 4.78 is 15.7. The number of rotatable bonds is 6. The van der Waals surface area contributed by atoms with E-state index in [1.54, 1.807) is 29.2 Å². The molecule has 6 aliphatic rings. The van der Waals surface area contributed by atoms with Crippen LogP contribution in [0.2, 0.25) is 5.02 Å². The smallest absolute Gasteiger partial charge is 0.262 e. The minimum absolute atomic E-state index is 0.0736. The van der Waals surface area contributed by atoms with E-state index in [9.17, 15) is 24.0 Å². The van der Waals surface area contributed by atoms with Crippen LogP contribution < -0.4 is 20.0 Å². The van der Waals surface area contributed by atoms with Crippen LogP contribution in [-0.4, -0.2) is 121 Å². The predicted molar refractivity (Wildman–Crippen MR) is 225 cm³/mol. The van der Waals surface area contributed by atoms with Crippen LogP contribution in [-0.2, 0) is 9.59 Å². The van der Waals surface area contributed by atoms with E-state index in [2.05, 4.69) is 36.7 Å². The lowest BCUT2D eigenvalue weighted by Gasteiger charge is -2.43. The van der Waals surface area contributed by atoms with Crippen molar-refractivity contribution in [3.63, 3.8) is 0 Å². The number of nitrogens with zero attached hydrogens (tertiary/aromatic N) is 7. The number of nitrogens with one attached hydrogen (secondary N) is 1. The van der Waals surface area contributed by atoms with Gasteiger partial charge in [-0.05, 0) is 99.4 Å². The minimum atomic E-state index is -0.997. The summed E-state index contributed by atoms with van der Waals surface area (Å²) in [6.45, 7) is 16.0. The van der Waals surface area contributed by atoms with Gasteiger partial charge in [-0.25, -0.2) is 9.24 Å². The lowest BCUT2D eigenvalue weighted by atomic mass is 9.76. The maximum absolute atomic E-state index is 15.7. The second kappa shape index (κ2) is 15.8. The van der Waals surface area contributed by atoms with Crippen LogP contribution in [0.25, 0.3) is 4.85 Å². The predicted octanol–water partition coefficient (Wildman–Crippen LogP) is 5.74. The van der Waals surface area contributed by atoms with Gasteiger partial charge in [-0.2, -0.15) is 0 Å². The molecule has 5 saturated heterocycles. The second-order valence-corrected chi connectivity index (χ2v) is 17.7. The molecule has 1 unspecified atom stereocenters. The van der Waals surface area contributed by atoms with E-state index < -0.39 is 35.5 Å². The number of piperazine rings is 1. The fraction of sp³-hybridized carbons (Fsp3) is 0.467. The molecule has 13 nitrogen and oxygen atoms in total. The SMILES string of the molecule is [C-]#[N+]c1ccc(N2CC3(CCN(c4ccc(C(=O)N5CCN(C6CCN(c7ccc8c(c7)C(=O)N(C7CCC(=O)NC7=O)C8=O)CC6)CC5)c(F)c4)CC3)C[C@@H]2C)cc1Cl. The Morgan fingerprint density at radius 3 is 2.17 bits per heavy atom. The van der Waals surface area contributed by atoms with Crippen molar-refractivity contribution in [1.82, 2.24) is 20.0 Å². The van der Waals surface area contributed by atoms with E-state index in [4.69, 9.17) is 18.2 Å². The van der Waals surface area contributed by atoms with E-state index >= 15 is 4.39 Å². The number of hydrogen-bond acceptors (Lipinski definition) is 9. The maximum Gasteiger partial charge on any atom is 0.262 e. The minimum Gasteiger partial charge on any atom is -0.371 e. The number of carbonyl (C=O) groups is 5. The molecule has 5 amide bonds. The van der Waals surface area contributed by atoms with Gasteiger partial charge in [-0.15, -0.1) is 0 Å². The number of halogens is 2. The molecule has 3 aromatic rings. The van der Waals surface area contributed by atoms with Crippen LogP contribution >= 0.6 is 11.6 Å². The van der Waals surface area contributed by atoms with Gasteiger partial charge in [0.15, 0.2) is 0 Å². The number of imide groups is 2. The van der Waals surface area contributed by atoms with Crippen molar-refractivity contribution in [2.75, 3.05) is 73.6 Å². The quantitative estimate of drug-likeness (QED) is 0.245. The third-order valence-corrected chi connectivity index (χ3v) is 14.2. The molecule has 1 spiro atoms. The third-order valence-electron chi connectivity index (χ3n) is 13.9. The van der Waals surface area contributed by atoms with Crippen LogP contribution in [0.3, 0.4) is 0 Å². The normalized spacial score (nSPS) is 23.7. The summed E-state index contributed by atoms with van der Waals surface area (Å²) in [6, 6.07) is 15.6. The highest BCUT2D eigenvalue weighted by Crippen LogP contribution is 2.46. The molecule has 0 aliphatic carbocycles. The molecule has 0 bridgehead atoms. The fourth-order valence-electron chi connectivity index (χ4n) is 10.5. The number of carbonyl (C=O) groups excluding carboxylic acids is 5. The lowest BCUT2D eigenvalue weighted by molar-refractivity contribution is -0.136. The Balaban J connectivity index is 0.749. The molecule has 60 heavy (non-hydrogen) atoms. The van der Waals surface area contributed by atoms with Gasteiger partial charge in [0.05, 0.1) is 23.3 Å². The highest BCUT2D eigenvalue weighted by molar-refractivity contribution is 6.33. The van der Waals surface area contributed by atoms with Gasteiger partial charge in [0.2, 0.25) is 17.5 Å². The summed E-state index contributed by atoms with van der Waals surface area (Å²) in [5, 5.41) is 2.71. The van der Waals surface area contributed by atoms with E-state index in [1.807, 2.05) is 24.3 Å². The van der Waals surface area contributed by atoms with Crippen LogP contribution in [0.4, 0.5) is 27.1 Å². The summed E-state index contributed by atoms with van der Waals surface area (Å²) in [5.41, 5.74) is 3.95. The standard InChI is InChI=1S/C45H48ClFN8O5/c1-28-26-45(27-54(28)32-5-8-38(48-2)36(46)24-32)13-17-51(18-14-45)31-4-7-34(37(47)25-31)42(58)53-21-19-52(20-22-53)29-11-15-50(16-12-29)30-3-6-33-35(23-30)44(60)55(43(33)59)39-9-10-40(56)49-41(39)57/h3-8,23-25,28-29,39H,9-22,26-27H2,1H3,(H,49,56,57)/t28-,39?/m0/s1. The molecule has 6 heterocycles. The number of hydrogen-bond donors (Lipinski definition) is 1. The monoisotopic (exact) mass is 834 g/mol. The van der Waals surface area contributed by atoms with Crippen molar-refractivity contribution < 1.29 is 28.4 Å². The highest BCUT2D eigenvalue weighted by Gasteiger charge is 2.46. The molecule has 5 fully saturated rings. The van der Waals surface area contributed by atoms with Crippen LogP contribution in [0.15, 0.2) is 54.6 Å². The number of amides is 5. The first-order valence-corrected chi connectivity index (χ1v) is 21.4. The van der Waals surface area contributed by atoms with Crippen molar-refractivity contribution in [2.45, 2.75) is 70.0 Å². The van der Waals surface area contributed by atoms with Gasteiger partial charge in [0.25, 0.3) is 17.7 Å². The van der Waals surface area contributed by atoms with Gasteiger partial charge in [-0.1, -0.05) is 17.7 Å². The topological polar surface area (TPSA) is 121 Å². The van der Waals surface area contributed by atoms with Gasteiger partial charge >= 0.3 is 0 Å². The van der Waals surface area contributed by atoms with E-state index in [0.717, 1.165) is 86.8 Å². The molecule has 0 aromatic heterocycles. The van der Waals surface area contributed by atoms with Gasteiger partial charge in [0, 0.05) is 99.5 Å². The second-order valence-electron chi connectivity index (χ2n) is 17.3. The Bertz CT molecular complexity index is 2310. The first kappa shape index (κ1) is 39.9. The largest absolute Gasteiger partial charge is 0.371 e. The first-order chi connectivity index (χ1) is 28.9. The van der Waals surface area contributed by atoms with Crippen LogP contribution in [0.1, 0.15) is 82.9 Å². The molecule has 9 rings (SSSR count). The zero-order valence-corrected chi connectivity index (χ0v) is 34.4. The zero-order valence-electron chi connectivity index (χ0n) is 33.7. The Morgan fingerprint density at radius 2 is 1.48 bits per heavy atom. The van der Waals surface area contributed by atoms with Gasteiger partial charge in [0.1, 0.15) is 11.9 Å². The third kappa shape index (κ3) is 7.25. The molecule has 312 valence electrons. The molecular formula is C45H48ClFN8O5. The van der Waals surface area contributed by atoms with Crippen LogP contribution in [0.5, 0.6) is 0 Å². The molecule has 3 aromatic carbocycles. The molecule has 6 aliphatic heterocycles. The number of piperidine rings is 3. The molecule has 2 atom stereocenters. The number of fused-ring (bicyclic) bond motifs is 1. The molecular weight excluding hydrogens is 787 g/mol. The van der Waals surface area contributed by atoms with Crippen molar-refractivity contribution in [2.24, 2.45) is 5.41 Å². The summed E-state index contributed by atoms with van der Waals surface area (Å²) in [6.07, 6.45) is 5.00. The van der Waals surface area contributed by atoms with Crippen molar-refractivity contribution in [1.29, 1.82) is 0 Å². The molecule has 0 radical (unpaired) electrons. The molecule has 1 N–H and O–H groups in total. The first-order valence-electron chi connectivity index (χ1n) is 21.0. The van der Waals surface area contributed by atoms with E-state index in [1.165, 1.54) is 6.07 Å². The Morgan fingerprint density at radius 1 is 0.817 bits per heavy atom. The Kier molecular flexibility index (Phi) is 10.5. The van der Waals surface area contributed by atoms with Crippen LogP contribution in [0, 0.1) is 17.8 Å². The lowest BCUT2D eigenvalue weighted by Crippen LogP contribution is -2.54. The van der Waals surface area contributed by atoms with Gasteiger partial charge in [-0.3, -0.25) is 39.1 Å². The van der Waals surface area contributed by atoms with Crippen molar-refractivity contribution >= 4 is 63.9 Å². The average Bonchev–Trinajstić information content (AvgIpc) is 3.71. The molecule has 0 saturated carbocycles. The number of benzene rings is 3. The number of anilines is 3. The van der Waals surface area contributed by atoms with E-state index in [-0.39, 0.29) is 40.9 Å². The van der Waals surface area contributed by atoms with Crippen molar-refractivity contribution in [3.8, 4) is 0 Å². The Labute approximate surface area is 353 Å². The summed E-state index contributed by atoms with van der Waals surface area (Å²) in [4.78, 5) is 79.7. The fourth-order valence-corrected chi connectivity index (χ4v) is 10.7. The van der Waals surface area contributed by atoms with Gasteiger partial charge < -0.3 is 19.6 Å². The summed E-state index contributed by atoms with van der Waals surface area (Å²) >= 11 is 6.37. The highest BCUT2D eigenvalue weighted by atomic mass is 35.5. The van der Waals surface area contributed by atoms with Crippen molar-refractivity contribution in [3.05, 3.63) is 93.5 Å². The van der Waals surface area contributed by atoms with E-state index in [0.29, 0.717) is 49.0 Å². The maximum atomic E-state index is 15.7.